The van der Waals surface area contributed by atoms with E-state index < -0.39 is 5.97 Å². The molecule has 2 rings (SSSR count). The predicted molar refractivity (Wildman–Crippen MR) is 89.2 cm³/mol. The van der Waals surface area contributed by atoms with Crippen LogP contribution in [0, 0.1) is 13.8 Å². The average molecular weight is 316 g/mol. The Hall–Kier alpha value is -2.23. The van der Waals surface area contributed by atoms with Crippen molar-refractivity contribution in [2.75, 3.05) is 0 Å². The first-order valence-corrected chi connectivity index (χ1v) is 7.81. The van der Waals surface area contributed by atoms with Crippen LogP contribution in [-0.4, -0.2) is 11.1 Å². The molecule has 0 atom stereocenters. The predicted octanol–water partition coefficient (Wildman–Crippen LogP) is 4.86. The largest absolute Gasteiger partial charge is 0.485 e. The van der Waals surface area contributed by atoms with E-state index in [0.717, 1.165) is 23.3 Å². The smallest absolute Gasteiger partial charge is 0.371 e. The maximum absolute atomic E-state index is 10.8. The minimum Gasteiger partial charge on any atom is -0.485 e. The minimum atomic E-state index is -1.07. The molecule has 1 aromatic heterocycles. The van der Waals surface area contributed by atoms with Gasteiger partial charge in [-0.3, -0.25) is 0 Å². The Balaban J connectivity index is 2.18. The highest BCUT2D eigenvalue weighted by Gasteiger charge is 2.20. The molecule has 0 fully saturated rings. The van der Waals surface area contributed by atoms with Gasteiger partial charge in [0.15, 0.2) is 0 Å². The second-order valence-electron chi connectivity index (χ2n) is 6.54. The third kappa shape index (κ3) is 3.76. The molecular formula is C19H24O4. The lowest BCUT2D eigenvalue weighted by atomic mass is 9.81. The second kappa shape index (κ2) is 6.49. The van der Waals surface area contributed by atoms with Crippen LogP contribution < -0.4 is 4.74 Å². The molecule has 1 N–H and O–H groups in total. The quantitative estimate of drug-likeness (QED) is 0.826. The van der Waals surface area contributed by atoms with E-state index in [1.165, 1.54) is 11.6 Å². The van der Waals surface area contributed by atoms with Crippen LogP contribution in [0.4, 0.5) is 0 Å². The number of carboxylic acids is 1. The number of ether oxygens (including phenoxy) is 1. The van der Waals surface area contributed by atoms with Crippen LogP contribution in [0.15, 0.2) is 28.7 Å². The highest BCUT2D eigenvalue weighted by atomic mass is 16.5. The molecule has 0 spiro atoms. The third-order valence-electron chi connectivity index (χ3n) is 4.36. The summed E-state index contributed by atoms with van der Waals surface area (Å²) in [5.74, 6) is 0.181. The van der Waals surface area contributed by atoms with E-state index in [2.05, 4.69) is 32.9 Å². The fourth-order valence-electron chi connectivity index (χ4n) is 2.49. The Morgan fingerprint density at radius 3 is 2.30 bits per heavy atom. The lowest BCUT2D eigenvalue weighted by Gasteiger charge is -2.25. The van der Waals surface area contributed by atoms with Crippen LogP contribution in [0.25, 0.3) is 0 Å². The van der Waals surface area contributed by atoms with E-state index in [0.29, 0.717) is 5.76 Å². The summed E-state index contributed by atoms with van der Waals surface area (Å²) in [6, 6.07) is 7.39. The van der Waals surface area contributed by atoms with E-state index in [4.69, 9.17) is 14.3 Å². The zero-order chi connectivity index (χ0) is 17.2. The number of hydrogen-bond donors (Lipinski definition) is 1. The number of hydrogen-bond acceptors (Lipinski definition) is 3. The number of aromatic carboxylic acids is 1. The summed E-state index contributed by atoms with van der Waals surface area (Å²) < 4.78 is 11.1. The van der Waals surface area contributed by atoms with Gasteiger partial charge < -0.3 is 14.3 Å². The van der Waals surface area contributed by atoms with Gasteiger partial charge in [-0.1, -0.05) is 32.9 Å². The number of furan rings is 1. The summed E-state index contributed by atoms with van der Waals surface area (Å²) in [5, 5.41) is 8.87. The lowest BCUT2D eigenvalue weighted by Crippen LogP contribution is -2.16. The summed E-state index contributed by atoms with van der Waals surface area (Å²) in [6.45, 7) is 10.9. The Morgan fingerprint density at radius 1 is 1.22 bits per heavy atom. The molecule has 0 radical (unpaired) electrons. The van der Waals surface area contributed by atoms with Gasteiger partial charge in [0.25, 0.3) is 0 Å². The van der Waals surface area contributed by atoms with Crippen molar-refractivity contribution in [3.63, 3.8) is 0 Å². The van der Waals surface area contributed by atoms with E-state index in [1.54, 1.807) is 6.07 Å². The first kappa shape index (κ1) is 17.1. The summed E-state index contributed by atoms with van der Waals surface area (Å²) in [4.78, 5) is 10.8. The molecule has 124 valence electrons. The second-order valence-corrected chi connectivity index (χ2v) is 6.54. The van der Waals surface area contributed by atoms with Crippen molar-refractivity contribution in [1.29, 1.82) is 0 Å². The van der Waals surface area contributed by atoms with Gasteiger partial charge in [-0.25, -0.2) is 4.79 Å². The summed E-state index contributed by atoms with van der Waals surface area (Å²) in [7, 11) is 0. The van der Waals surface area contributed by atoms with Gasteiger partial charge in [-0.2, -0.15) is 0 Å². The fraction of sp³-hybridized carbons (Fsp3) is 0.421. The number of aryl methyl sites for hydroxylation is 2. The van der Waals surface area contributed by atoms with E-state index in [-0.39, 0.29) is 17.8 Å². The molecule has 0 aliphatic carbocycles. The molecule has 0 unspecified atom stereocenters. The standard InChI is InChI=1S/C19H24O4/c1-6-19(4,5)14-9-12(2)17(13(3)10-14)22-11-15-7-8-16(23-15)18(20)21/h7-10H,6,11H2,1-5H3,(H,20,21). The highest BCUT2D eigenvalue weighted by Crippen LogP contribution is 2.33. The van der Waals surface area contributed by atoms with E-state index in [9.17, 15) is 4.79 Å². The average Bonchev–Trinajstić information content (AvgIpc) is 2.95. The van der Waals surface area contributed by atoms with Crippen molar-refractivity contribution >= 4 is 5.97 Å². The topological polar surface area (TPSA) is 59.7 Å². The Labute approximate surface area is 137 Å². The van der Waals surface area contributed by atoms with Crippen LogP contribution in [0.2, 0.25) is 0 Å². The summed E-state index contributed by atoms with van der Waals surface area (Å²) in [5.41, 5.74) is 3.58. The van der Waals surface area contributed by atoms with Gasteiger partial charge >= 0.3 is 5.97 Å². The molecule has 2 aromatic rings. The molecule has 0 aliphatic rings. The highest BCUT2D eigenvalue weighted by molar-refractivity contribution is 5.84. The monoisotopic (exact) mass is 316 g/mol. The van der Waals surface area contributed by atoms with Crippen LogP contribution in [0.5, 0.6) is 5.75 Å². The van der Waals surface area contributed by atoms with Crippen molar-refractivity contribution in [2.45, 2.75) is 53.1 Å². The molecule has 0 saturated heterocycles. The van der Waals surface area contributed by atoms with E-state index in [1.807, 2.05) is 13.8 Å². The number of carbonyl (C=O) groups is 1. The van der Waals surface area contributed by atoms with E-state index >= 15 is 0 Å². The molecular weight excluding hydrogens is 292 g/mol. The van der Waals surface area contributed by atoms with Crippen molar-refractivity contribution < 1.29 is 19.1 Å². The van der Waals surface area contributed by atoms with Gasteiger partial charge in [0.05, 0.1) is 0 Å². The molecule has 0 aliphatic heterocycles. The molecule has 4 nitrogen and oxygen atoms in total. The lowest BCUT2D eigenvalue weighted by molar-refractivity contribution is 0.0658. The Kier molecular flexibility index (Phi) is 4.83. The normalized spacial score (nSPS) is 11.5. The number of rotatable bonds is 6. The molecule has 0 amide bonds. The van der Waals surface area contributed by atoms with Gasteiger partial charge in [-0.05, 0) is 54.5 Å². The maximum Gasteiger partial charge on any atom is 0.371 e. The van der Waals surface area contributed by atoms with Gasteiger partial charge in [0, 0.05) is 0 Å². The van der Waals surface area contributed by atoms with Gasteiger partial charge in [0.1, 0.15) is 18.1 Å². The van der Waals surface area contributed by atoms with Crippen molar-refractivity contribution in [3.8, 4) is 5.75 Å². The molecule has 0 saturated carbocycles. The SMILES string of the molecule is CCC(C)(C)c1cc(C)c(OCc2ccc(C(=O)O)o2)c(C)c1. The van der Waals surface area contributed by atoms with Crippen molar-refractivity contribution in [3.05, 3.63) is 52.5 Å². The van der Waals surface area contributed by atoms with Gasteiger partial charge in [-0.15, -0.1) is 0 Å². The van der Waals surface area contributed by atoms with Gasteiger partial charge in [0.2, 0.25) is 5.76 Å². The molecule has 4 heteroatoms. The first-order chi connectivity index (χ1) is 10.7. The summed E-state index contributed by atoms with van der Waals surface area (Å²) >= 11 is 0. The molecule has 1 aromatic carbocycles. The van der Waals surface area contributed by atoms with Crippen LogP contribution in [-0.2, 0) is 12.0 Å². The zero-order valence-corrected chi connectivity index (χ0v) is 14.4. The third-order valence-corrected chi connectivity index (χ3v) is 4.36. The Morgan fingerprint density at radius 2 is 1.83 bits per heavy atom. The fourth-order valence-corrected chi connectivity index (χ4v) is 2.49. The minimum absolute atomic E-state index is 0.0721. The first-order valence-electron chi connectivity index (χ1n) is 7.81. The maximum atomic E-state index is 10.8. The Bertz CT molecular complexity index is 687. The molecule has 0 bridgehead atoms. The number of carboxylic acid groups (broad SMARTS) is 1. The van der Waals surface area contributed by atoms with Crippen molar-refractivity contribution in [2.24, 2.45) is 0 Å². The summed E-state index contributed by atoms with van der Waals surface area (Å²) in [6.07, 6.45) is 1.07. The van der Waals surface area contributed by atoms with Crippen LogP contribution in [0.1, 0.15) is 60.2 Å². The van der Waals surface area contributed by atoms with Crippen LogP contribution >= 0.6 is 0 Å². The zero-order valence-electron chi connectivity index (χ0n) is 14.4. The van der Waals surface area contributed by atoms with Crippen LogP contribution in [0.3, 0.4) is 0 Å². The van der Waals surface area contributed by atoms with Crippen molar-refractivity contribution in [1.82, 2.24) is 0 Å². The number of benzene rings is 1. The molecule has 23 heavy (non-hydrogen) atoms. The molecule has 1 heterocycles.